The standard InChI is InChI=1S/C24H33N3O2/c1-3-4-15-27-22(28)21-16-18-11-9-10-14-20(18)26(21)17-24(27,2)23(29)25-19-12-7-5-6-8-13-19/h9-11,14,16,19H,3-8,12-13,15,17H2,1-2H3,(H,25,29). The number of carbonyl (C=O) groups excluding carboxylic acids is 2. The van der Waals surface area contributed by atoms with Gasteiger partial charge in [0.05, 0.1) is 6.54 Å². The van der Waals surface area contributed by atoms with Crippen LogP contribution < -0.4 is 5.32 Å². The van der Waals surface area contributed by atoms with Crippen molar-refractivity contribution in [3.8, 4) is 0 Å². The van der Waals surface area contributed by atoms with Crippen LogP contribution in [0.3, 0.4) is 0 Å². The summed E-state index contributed by atoms with van der Waals surface area (Å²) in [5, 5.41) is 4.38. The summed E-state index contributed by atoms with van der Waals surface area (Å²) in [6.45, 7) is 5.19. The second-order valence-corrected chi connectivity index (χ2v) is 8.92. The van der Waals surface area contributed by atoms with Gasteiger partial charge in [0.2, 0.25) is 5.91 Å². The lowest BCUT2D eigenvalue weighted by Gasteiger charge is -2.44. The summed E-state index contributed by atoms with van der Waals surface area (Å²) >= 11 is 0. The average molecular weight is 396 g/mol. The van der Waals surface area contributed by atoms with E-state index in [0.29, 0.717) is 18.8 Å². The van der Waals surface area contributed by atoms with Crippen LogP contribution in [-0.2, 0) is 11.3 Å². The van der Waals surface area contributed by atoms with Gasteiger partial charge in [0.15, 0.2) is 0 Å². The molecular formula is C24H33N3O2. The van der Waals surface area contributed by atoms with Gasteiger partial charge in [0, 0.05) is 23.5 Å². The Bertz CT molecular complexity index is 895. The van der Waals surface area contributed by atoms with E-state index < -0.39 is 5.54 Å². The first-order chi connectivity index (χ1) is 14.0. The van der Waals surface area contributed by atoms with Crippen molar-refractivity contribution in [2.45, 2.75) is 83.3 Å². The van der Waals surface area contributed by atoms with E-state index in [1.54, 1.807) is 0 Å². The van der Waals surface area contributed by atoms with Crippen LogP contribution in [0.1, 0.15) is 75.7 Å². The molecule has 1 aliphatic heterocycles. The molecule has 2 amide bonds. The van der Waals surface area contributed by atoms with Crippen molar-refractivity contribution in [3.05, 3.63) is 36.0 Å². The maximum Gasteiger partial charge on any atom is 0.271 e. The van der Waals surface area contributed by atoms with Crippen LogP contribution in [0.15, 0.2) is 30.3 Å². The lowest BCUT2D eigenvalue weighted by molar-refractivity contribution is -0.133. The first-order valence-electron chi connectivity index (χ1n) is 11.3. The number of para-hydroxylation sites is 1. The summed E-state index contributed by atoms with van der Waals surface area (Å²) in [7, 11) is 0. The van der Waals surface area contributed by atoms with Crippen LogP contribution in [0.5, 0.6) is 0 Å². The van der Waals surface area contributed by atoms with Crippen LogP contribution in [0.25, 0.3) is 10.9 Å². The van der Waals surface area contributed by atoms with Gasteiger partial charge in [-0.2, -0.15) is 0 Å². The number of nitrogens with one attached hydrogen (secondary N) is 1. The highest BCUT2D eigenvalue weighted by atomic mass is 16.2. The molecular weight excluding hydrogens is 362 g/mol. The molecule has 1 saturated carbocycles. The Balaban J connectivity index is 1.68. The van der Waals surface area contributed by atoms with Crippen molar-refractivity contribution in [3.63, 3.8) is 0 Å². The molecule has 0 saturated heterocycles. The number of benzene rings is 1. The molecule has 0 bridgehead atoms. The number of aromatic nitrogens is 1. The van der Waals surface area contributed by atoms with Crippen molar-refractivity contribution >= 4 is 22.7 Å². The van der Waals surface area contributed by atoms with Crippen LogP contribution in [0, 0.1) is 0 Å². The summed E-state index contributed by atoms with van der Waals surface area (Å²) in [5.74, 6) is -0.0308. The van der Waals surface area contributed by atoms with Gasteiger partial charge in [-0.15, -0.1) is 0 Å². The Morgan fingerprint density at radius 1 is 1.17 bits per heavy atom. The summed E-state index contributed by atoms with van der Waals surface area (Å²) in [5.41, 5.74) is 0.856. The number of hydrogen-bond donors (Lipinski definition) is 1. The van der Waals surface area contributed by atoms with Gasteiger partial charge in [-0.25, -0.2) is 0 Å². The van der Waals surface area contributed by atoms with E-state index in [2.05, 4.69) is 12.2 Å². The van der Waals surface area contributed by atoms with Crippen LogP contribution in [-0.4, -0.2) is 39.4 Å². The summed E-state index contributed by atoms with van der Waals surface area (Å²) < 4.78 is 2.05. The Labute approximate surface area is 173 Å². The summed E-state index contributed by atoms with van der Waals surface area (Å²) in [6, 6.07) is 10.3. The second kappa shape index (κ2) is 8.21. The molecule has 1 fully saturated rings. The average Bonchev–Trinajstić information content (AvgIpc) is 2.89. The number of amides is 2. The third-order valence-corrected chi connectivity index (χ3v) is 6.75. The first-order valence-corrected chi connectivity index (χ1v) is 11.3. The minimum atomic E-state index is -0.868. The van der Waals surface area contributed by atoms with E-state index in [1.165, 1.54) is 25.7 Å². The molecule has 156 valence electrons. The van der Waals surface area contributed by atoms with Crippen molar-refractivity contribution in [2.75, 3.05) is 6.54 Å². The monoisotopic (exact) mass is 395 g/mol. The van der Waals surface area contributed by atoms with Crippen LogP contribution in [0.4, 0.5) is 0 Å². The lowest BCUT2D eigenvalue weighted by atomic mass is 9.93. The number of rotatable bonds is 5. The maximum atomic E-state index is 13.6. The molecule has 2 aliphatic rings. The highest BCUT2D eigenvalue weighted by Gasteiger charge is 2.47. The summed E-state index contributed by atoms with van der Waals surface area (Å²) in [6.07, 6.45) is 8.84. The number of nitrogens with zero attached hydrogens (tertiary/aromatic N) is 2. The Morgan fingerprint density at radius 2 is 1.90 bits per heavy atom. The van der Waals surface area contributed by atoms with Gasteiger partial charge >= 0.3 is 0 Å². The van der Waals surface area contributed by atoms with Gasteiger partial charge in [-0.3, -0.25) is 9.59 Å². The van der Waals surface area contributed by atoms with E-state index in [0.717, 1.165) is 36.6 Å². The van der Waals surface area contributed by atoms with Gasteiger partial charge in [-0.1, -0.05) is 57.2 Å². The fourth-order valence-corrected chi connectivity index (χ4v) is 4.94. The zero-order valence-corrected chi connectivity index (χ0v) is 17.7. The van der Waals surface area contributed by atoms with Gasteiger partial charge in [0.25, 0.3) is 5.91 Å². The van der Waals surface area contributed by atoms with Crippen LogP contribution in [0.2, 0.25) is 0 Å². The Hall–Kier alpha value is -2.30. The highest BCUT2D eigenvalue weighted by molar-refractivity contribution is 6.03. The third-order valence-electron chi connectivity index (χ3n) is 6.75. The topological polar surface area (TPSA) is 54.3 Å². The molecule has 5 nitrogen and oxygen atoms in total. The molecule has 1 N–H and O–H groups in total. The number of hydrogen-bond acceptors (Lipinski definition) is 2. The lowest BCUT2D eigenvalue weighted by Crippen LogP contribution is -2.65. The van der Waals surface area contributed by atoms with Gasteiger partial charge in [0.1, 0.15) is 11.2 Å². The Morgan fingerprint density at radius 3 is 2.62 bits per heavy atom. The third kappa shape index (κ3) is 3.67. The molecule has 29 heavy (non-hydrogen) atoms. The van der Waals surface area contributed by atoms with E-state index in [4.69, 9.17) is 0 Å². The molecule has 1 aliphatic carbocycles. The molecule has 2 heterocycles. The van der Waals surface area contributed by atoms with Gasteiger partial charge in [-0.05, 0) is 38.3 Å². The molecule has 0 spiro atoms. The largest absolute Gasteiger partial charge is 0.351 e. The number of carbonyl (C=O) groups is 2. The molecule has 5 heteroatoms. The molecule has 1 unspecified atom stereocenters. The minimum absolute atomic E-state index is 0.00251. The molecule has 4 rings (SSSR count). The van der Waals surface area contributed by atoms with Crippen molar-refractivity contribution < 1.29 is 9.59 Å². The van der Waals surface area contributed by atoms with Crippen molar-refractivity contribution in [1.82, 2.24) is 14.8 Å². The fraction of sp³-hybridized carbons (Fsp3) is 0.583. The first kappa shape index (κ1) is 20.0. The van der Waals surface area contributed by atoms with E-state index in [-0.39, 0.29) is 17.9 Å². The minimum Gasteiger partial charge on any atom is -0.351 e. The predicted octanol–water partition coefficient (Wildman–Crippen LogP) is 4.49. The predicted molar refractivity (Wildman–Crippen MR) is 116 cm³/mol. The van der Waals surface area contributed by atoms with Crippen molar-refractivity contribution in [1.29, 1.82) is 0 Å². The fourth-order valence-electron chi connectivity index (χ4n) is 4.94. The van der Waals surface area contributed by atoms with E-state index >= 15 is 0 Å². The normalized spacial score (nSPS) is 23.1. The van der Waals surface area contributed by atoms with E-state index in [1.807, 2.05) is 46.7 Å². The molecule has 2 aromatic rings. The van der Waals surface area contributed by atoms with Crippen LogP contribution >= 0.6 is 0 Å². The zero-order valence-electron chi connectivity index (χ0n) is 17.7. The number of fused-ring (bicyclic) bond motifs is 3. The number of unbranched alkanes of at least 4 members (excludes halogenated alkanes) is 1. The van der Waals surface area contributed by atoms with Gasteiger partial charge < -0.3 is 14.8 Å². The molecule has 1 aromatic heterocycles. The molecule has 1 atom stereocenters. The summed E-state index contributed by atoms with van der Waals surface area (Å²) in [4.78, 5) is 28.9. The molecule has 1 aromatic carbocycles. The smallest absolute Gasteiger partial charge is 0.271 e. The zero-order chi connectivity index (χ0) is 20.4. The van der Waals surface area contributed by atoms with Crippen molar-refractivity contribution in [2.24, 2.45) is 0 Å². The maximum absolute atomic E-state index is 13.6. The second-order valence-electron chi connectivity index (χ2n) is 8.92. The molecule has 0 radical (unpaired) electrons. The quantitative estimate of drug-likeness (QED) is 0.758. The Kier molecular flexibility index (Phi) is 5.66. The SMILES string of the molecule is CCCCN1C(=O)c2cc3ccccc3n2CC1(C)C(=O)NC1CCCCCC1. The van der Waals surface area contributed by atoms with E-state index in [9.17, 15) is 9.59 Å². The highest BCUT2D eigenvalue weighted by Crippen LogP contribution is 2.33.